The van der Waals surface area contributed by atoms with Crippen molar-refractivity contribution in [3.8, 4) is 10.6 Å². The van der Waals surface area contributed by atoms with Gasteiger partial charge in [0.1, 0.15) is 0 Å². The minimum absolute atomic E-state index is 0.143. The molecular weight excluding hydrogens is 296 g/mol. The van der Waals surface area contributed by atoms with Crippen LogP contribution in [0.15, 0.2) is 23.8 Å². The van der Waals surface area contributed by atoms with Gasteiger partial charge in [0.15, 0.2) is 0 Å². The number of amides is 1. The van der Waals surface area contributed by atoms with Crippen LogP contribution in [0.5, 0.6) is 0 Å². The summed E-state index contributed by atoms with van der Waals surface area (Å²) in [5.41, 5.74) is 10.4. The molecule has 22 heavy (non-hydrogen) atoms. The summed E-state index contributed by atoms with van der Waals surface area (Å²) in [5, 5.41) is 0. The van der Waals surface area contributed by atoms with Crippen LogP contribution in [0, 0.1) is 6.92 Å². The lowest BCUT2D eigenvalue weighted by Gasteiger charge is -2.29. The highest BCUT2D eigenvalue weighted by atomic mass is 32.1. The molecule has 0 aromatic carbocycles. The third kappa shape index (κ3) is 2.76. The standard InChI is InChI=1S/C16H20N4OS/c1-10-15(22-9-19-10)13-6-5-12(8-18-13)11(2)20-7-3-4-14(20)16(17)21/h5-6,8-9,11,14H,3-4,7H2,1-2H3,(H2,17,21)/t11-,14?/m0/s1. The van der Waals surface area contributed by atoms with Crippen LogP contribution in [0.4, 0.5) is 0 Å². The van der Waals surface area contributed by atoms with Crippen molar-refractivity contribution < 1.29 is 4.79 Å². The van der Waals surface area contributed by atoms with Crippen molar-refractivity contribution >= 4 is 17.2 Å². The van der Waals surface area contributed by atoms with Gasteiger partial charge in [-0.25, -0.2) is 4.98 Å². The number of hydrogen-bond donors (Lipinski definition) is 1. The van der Waals surface area contributed by atoms with E-state index in [0.717, 1.165) is 41.2 Å². The summed E-state index contributed by atoms with van der Waals surface area (Å²) >= 11 is 1.60. The van der Waals surface area contributed by atoms with Crippen LogP contribution in [0.1, 0.15) is 37.1 Å². The molecule has 1 aliphatic rings. The molecule has 1 aliphatic heterocycles. The summed E-state index contributed by atoms with van der Waals surface area (Å²) in [5.74, 6) is -0.228. The van der Waals surface area contributed by atoms with Gasteiger partial charge < -0.3 is 5.73 Å². The normalized spacial score (nSPS) is 20.2. The number of nitrogens with zero attached hydrogens (tertiary/aromatic N) is 3. The highest BCUT2D eigenvalue weighted by Crippen LogP contribution is 2.30. The molecular formula is C16H20N4OS. The number of carbonyl (C=O) groups excluding carboxylic acids is 1. The number of likely N-dealkylation sites (tertiary alicyclic amines) is 1. The van der Waals surface area contributed by atoms with Gasteiger partial charge in [-0.3, -0.25) is 14.7 Å². The second kappa shape index (κ2) is 6.14. The second-order valence-electron chi connectivity index (χ2n) is 5.72. The molecule has 5 nitrogen and oxygen atoms in total. The van der Waals surface area contributed by atoms with Gasteiger partial charge in [-0.05, 0) is 44.9 Å². The van der Waals surface area contributed by atoms with Crippen molar-refractivity contribution in [2.24, 2.45) is 5.73 Å². The van der Waals surface area contributed by atoms with Gasteiger partial charge in [0, 0.05) is 12.2 Å². The maximum Gasteiger partial charge on any atom is 0.234 e. The van der Waals surface area contributed by atoms with E-state index in [1.807, 2.05) is 24.7 Å². The van der Waals surface area contributed by atoms with E-state index in [1.54, 1.807) is 11.3 Å². The summed E-state index contributed by atoms with van der Waals surface area (Å²) < 4.78 is 0. The number of rotatable bonds is 4. The lowest BCUT2D eigenvalue weighted by molar-refractivity contribution is -0.122. The minimum atomic E-state index is -0.228. The lowest BCUT2D eigenvalue weighted by Crippen LogP contribution is -2.41. The first-order valence-corrected chi connectivity index (χ1v) is 8.37. The predicted octanol–water partition coefficient (Wildman–Crippen LogP) is 2.52. The van der Waals surface area contributed by atoms with Gasteiger partial charge in [0.2, 0.25) is 5.91 Å². The molecule has 6 heteroatoms. The number of pyridine rings is 1. The van der Waals surface area contributed by atoms with Gasteiger partial charge in [0.25, 0.3) is 0 Å². The molecule has 0 spiro atoms. The summed E-state index contributed by atoms with van der Waals surface area (Å²) in [7, 11) is 0. The molecule has 3 heterocycles. The van der Waals surface area contributed by atoms with E-state index in [4.69, 9.17) is 5.73 Å². The van der Waals surface area contributed by atoms with Crippen molar-refractivity contribution in [3.05, 3.63) is 35.1 Å². The van der Waals surface area contributed by atoms with Gasteiger partial charge >= 0.3 is 0 Å². The van der Waals surface area contributed by atoms with E-state index in [2.05, 4.69) is 27.9 Å². The highest BCUT2D eigenvalue weighted by Gasteiger charge is 2.32. The highest BCUT2D eigenvalue weighted by molar-refractivity contribution is 7.13. The zero-order valence-electron chi connectivity index (χ0n) is 12.8. The SMILES string of the molecule is Cc1ncsc1-c1ccc([C@H](C)N2CCCC2C(N)=O)cn1. The fourth-order valence-electron chi connectivity index (χ4n) is 3.08. The number of primary amides is 1. The summed E-state index contributed by atoms with van der Waals surface area (Å²) in [4.78, 5) is 23.7. The van der Waals surface area contributed by atoms with E-state index in [1.165, 1.54) is 0 Å². The molecule has 0 aliphatic carbocycles. The lowest BCUT2D eigenvalue weighted by atomic mass is 10.1. The Morgan fingerprint density at radius 3 is 2.86 bits per heavy atom. The first-order chi connectivity index (χ1) is 10.6. The quantitative estimate of drug-likeness (QED) is 0.941. The second-order valence-corrected chi connectivity index (χ2v) is 6.57. The Balaban J connectivity index is 1.81. The number of carbonyl (C=O) groups is 1. The Bertz CT molecular complexity index is 667. The fraction of sp³-hybridized carbons (Fsp3) is 0.438. The molecule has 2 aromatic heterocycles. The number of aromatic nitrogens is 2. The van der Waals surface area contributed by atoms with E-state index in [9.17, 15) is 4.79 Å². The first kappa shape index (κ1) is 15.1. The van der Waals surface area contributed by atoms with Crippen molar-refractivity contribution in [1.29, 1.82) is 0 Å². The Morgan fingerprint density at radius 2 is 2.27 bits per heavy atom. The number of aryl methyl sites for hydroxylation is 1. The third-order valence-corrected chi connectivity index (χ3v) is 5.32. The van der Waals surface area contributed by atoms with Crippen LogP contribution < -0.4 is 5.73 Å². The Kier molecular flexibility index (Phi) is 4.22. The molecule has 1 saturated heterocycles. The largest absolute Gasteiger partial charge is 0.368 e. The topological polar surface area (TPSA) is 72.1 Å². The van der Waals surface area contributed by atoms with Gasteiger partial charge in [-0.15, -0.1) is 11.3 Å². The molecule has 2 atom stereocenters. The molecule has 0 radical (unpaired) electrons. The molecule has 116 valence electrons. The molecule has 0 bridgehead atoms. The molecule has 2 N–H and O–H groups in total. The Hall–Kier alpha value is -1.79. The third-order valence-electron chi connectivity index (χ3n) is 4.37. The average molecular weight is 316 g/mol. The van der Waals surface area contributed by atoms with E-state index in [0.29, 0.717) is 0 Å². The van der Waals surface area contributed by atoms with Crippen LogP contribution in [0.2, 0.25) is 0 Å². The zero-order valence-corrected chi connectivity index (χ0v) is 13.6. The first-order valence-electron chi connectivity index (χ1n) is 7.49. The van der Waals surface area contributed by atoms with Crippen molar-refractivity contribution in [3.63, 3.8) is 0 Å². The molecule has 3 rings (SSSR count). The van der Waals surface area contributed by atoms with E-state index in [-0.39, 0.29) is 18.0 Å². The van der Waals surface area contributed by atoms with Crippen LogP contribution >= 0.6 is 11.3 Å². The van der Waals surface area contributed by atoms with Crippen LogP contribution in [0.3, 0.4) is 0 Å². The molecule has 1 fully saturated rings. The summed E-state index contributed by atoms with van der Waals surface area (Å²) in [6.07, 6.45) is 3.77. The van der Waals surface area contributed by atoms with E-state index < -0.39 is 0 Å². The number of nitrogens with two attached hydrogens (primary N) is 1. The minimum Gasteiger partial charge on any atom is -0.368 e. The molecule has 1 amide bonds. The van der Waals surface area contributed by atoms with Crippen LogP contribution in [-0.2, 0) is 4.79 Å². The van der Waals surface area contributed by atoms with Crippen molar-refractivity contribution in [2.75, 3.05) is 6.54 Å². The van der Waals surface area contributed by atoms with Gasteiger partial charge in [0.05, 0.1) is 27.8 Å². The van der Waals surface area contributed by atoms with Crippen molar-refractivity contribution in [1.82, 2.24) is 14.9 Å². The smallest absolute Gasteiger partial charge is 0.234 e. The summed E-state index contributed by atoms with van der Waals surface area (Å²) in [6, 6.07) is 4.10. The fourth-order valence-corrected chi connectivity index (χ4v) is 3.87. The maximum atomic E-state index is 11.6. The number of thiazole rings is 1. The van der Waals surface area contributed by atoms with E-state index >= 15 is 0 Å². The molecule has 1 unspecified atom stereocenters. The average Bonchev–Trinajstić information content (AvgIpc) is 3.15. The Labute approximate surface area is 134 Å². The predicted molar refractivity (Wildman–Crippen MR) is 87.4 cm³/mol. The molecule has 2 aromatic rings. The monoisotopic (exact) mass is 316 g/mol. The zero-order chi connectivity index (χ0) is 15.7. The maximum absolute atomic E-state index is 11.6. The summed E-state index contributed by atoms with van der Waals surface area (Å²) in [6.45, 7) is 5.01. The number of hydrogen-bond acceptors (Lipinski definition) is 5. The Morgan fingerprint density at radius 1 is 1.45 bits per heavy atom. The van der Waals surface area contributed by atoms with Crippen LogP contribution in [-0.4, -0.2) is 33.4 Å². The van der Waals surface area contributed by atoms with Crippen LogP contribution in [0.25, 0.3) is 10.6 Å². The molecule has 0 saturated carbocycles. The van der Waals surface area contributed by atoms with Gasteiger partial charge in [-0.1, -0.05) is 6.07 Å². The van der Waals surface area contributed by atoms with Gasteiger partial charge in [-0.2, -0.15) is 0 Å². The van der Waals surface area contributed by atoms with Crippen molar-refractivity contribution in [2.45, 2.75) is 38.8 Å².